The highest BCUT2D eigenvalue weighted by molar-refractivity contribution is 7.12. The van der Waals surface area contributed by atoms with Crippen molar-refractivity contribution in [2.75, 3.05) is 47.4 Å². The molecule has 4 heteroatoms. The molecule has 3 rings (SSSR count). The van der Waals surface area contributed by atoms with E-state index < -0.39 is 0 Å². The first-order valence-electron chi connectivity index (χ1n) is 8.95. The van der Waals surface area contributed by atoms with Crippen LogP contribution >= 0.6 is 11.3 Å². The molecule has 0 atom stereocenters. The first kappa shape index (κ1) is 17.4. The van der Waals surface area contributed by atoms with Gasteiger partial charge in [0.1, 0.15) is 0 Å². The molecular weight excluding hydrogens is 304 g/mol. The summed E-state index contributed by atoms with van der Waals surface area (Å²) in [7, 11) is 6.35. The van der Waals surface area contributed by atoms with Crippen LogP contribution in [0.4, 0.5) is 0 Å². The van der Waals surface area contributed by atoms with E-state index in [4.69, 9.17) is 4.74 Å². The monoisotopic (exact) mass is 336 g/mol. The molecule has 1 saturated carbocycles. The average molecular weight is 337 g/mol. The first-order valence-corrected chi connectivity index (χ1v) is 9.77. The number of hydrogen-bond acceptors (Lipinski definition) is 4. The molecule has 0 amide bonds. The Bertz CT molecular complexity index is 517. The summed E-state index contributed by atoms with van der Waals surface area (Å²) >= 11 is 2.00. The number of rotatable bonds is 5. The molecule has 2 fully saturated rings. The predicted octanol–water partition coefficient (Wildman–Crippen LogP) is 3.73. The van der Waals surface area contributed by atoms with Gasteiger partial charge in [0.2, 0.25) is 0 Å². The van der Waals surface area contributed by atoms with Gasteiger partial charge in [-0.25, -0.2) is 0 Å². The number of ether oxygens (including phenoxy) is 1. The normalized spacial score (nSPS) is 32.2. The number of aryl methyl sites for hydroxylation is 1. The van der Waals surface area contributed by atoms with E-state index in [1.165, 1.54) is 50.1 Å². The Balaban J connectivity index is 1.69. The Morgan fingerprint density at radius 1 is 1.17 bits per heavy atom. The van der Waals surface area contributed by atoms with Crippen molar-refractivity contribution in [3.05, 3.63) is 21.9 Å². The van der Waals surface area contributed by atoms with Crippen molar-refractivity contribution in [2.24, 2.45) is 5.41 Å². The SMILES string of the molecule is COCCN1CCC2(CCC(c3ccc(C)s3)(N(C)C)CC2)C1. The van der Waals surface area contributed by atoms with Gasteiger partial charge in [-0.15, -0.1) is 11.3 Å². The van der Waals surface area contributed by atoms with E-state index in [0.717, 1.165) is 13.2 Å². The quantitative estimate of drug-likeness (QED) is 0.815. The zero-order valence-electron chi connectivity index (χ0n) is 15.2. The second-order valence-corrected chi connectivity index (χ2v) is 9.14. The molecule has 0 radical (unpaired) electrons. The molecule has 2 aliphatic rings. The fourth-order valence-electron chi connectivity index (χ4n) is 4.64. The van der Waals surface area contributed by atoms with Gasteiger partial charge < -0.3 is 9.64 Å². The molecule has 130 valence electrons. The zero-order valence-corrected chi connectivity index (χ0v) is 16.0. The first-order chi connectivity index (χ1) is 11.0. The number of thiophene rings is 1. The number of hydrogen-bond donors (Lipinski definition) is 0. The summed E-state index contributed by atoms with van der Waals surface area (Å²) in [5.41, 5.74) is 0.837. The lowest BCUT2D eigenvalue weighted by Crippen LogP contribution is -2.47. The maximum atomic E-state index is 5.26. The van der Waals surface area contributed by atoms with Crippen LogP contribution in [0.3, 0.4) is 0 Å². The minimum Gasteiger partial charge on any atom is -0.383 e. The Morgan fingerprint density at radius 2 is 1.91 bits per heavy atom. The fourth-order valence-corrected chi connectivity index (χ4v) is 5.84. The highest BCUT2D eigenvalue weighted by atomic mass is 32.1. The molecule has 1 saturated heterocycles. The van der Waals surface area contributed by atoms with E-state index in [-0.39, 0.29) is 5.54 Å². The Hall–Kier alpha value is -0.420. The van der Waals surface area contributed by atoms with Crippen LogP contribution in [0.25, 0.3) is 0 Å². The summed E-state index contributed by atoms with van der Waals surface area (Å²) in [5.74, 6) is 0. The maximum absolute atomic E-state index is 5.26. The molecule has 0 aromatic carbocycles. The largest absolute Gasteiger partial charge is 0.383 e. The third-order valence-electron chi connectivity index (χ3n) is 6.32. The molecule has 1 aliphatic carbocycles. The smallest absolute Gasteiger partial charge is 0.0589 e. The molecule has 1 aromatic heterocycles. The van der Waals surface area contributed by atoms with Crippen molar-refractivity contribution >= 4 is 11.3 Å². The van der Waals surface area contributed by atoms with Crippen LogP contribution in [0, 0.1) is 12.3 Å². The number of likely N-dealkylation sites (tertiary alicyclic amines) is 1. The van der Waals surface area contributed by atoms with Gasteiger partial charge >= 0.3 is 0 Å². The van der Waals surface area contributed by atoms with Gasteiger partial charge in [-0.05, 0) is 77.2 Å². The standard InChI is InChI=1S/C19H32N2OS/c1-16-5-6-17(23-16)19(20(2)3)9-7-18(8-10-19)11-12-21(15-18)13-14-22-4/h5-6H,7-15H2,1-4H3. The van der Waals surface area contributed by atoms with E-state index in [1.54, 1.807) is 12.0 Å². The molecule has 1 aliphatic heterocycles. The van der Waals surface area contributed by atoms with Crippen molar-refractivity contribution in [1.82, 2.24) is 9.80 Å². The second-order valence-electron chi connectivity index (χ2n) is 7.86. The molecule has 0 N–H and O–H groups in total. The molecule has 0 unspecified atom stereocenters. The van der Waals surface area contributed by atoms with Crippen molar-refractivity contribution in [2.45, 2.75) is 44.6 Å². The van der Waals surface area contributed by atoms with Gasteiger partial charge in [-0.3, -0.25) is 4.90 Å². The third kappa shape index (κ3) is 3.37. The summed E-state index contributed by atoms with van der Waals surface area (Å²) in [6.45, 7) is 6.74. The summed E-state index contributed by atoms with van der Waals surface area (Å²) in [6, 6.07) is 4.66. The minimum atomic E-state index is 0.268. The van der Waals surface area contributed by atoms with Gasteiger partial charge in [-0.1, -0.05) is 0 Å². The van der Waals surface area contributed by atoms with Crippen LogP contribution in [0.1, 0.15) is 41.9 Å². The van der Waals surface area contributed by atoms with E-state index in [9.17, 15) is 0 Å². The van der Waals surface area contributed by atoms with Crippen molar-refractivity contribution in [1.29, 1.82) is 0 Å². The van der Waals surface area contributed by atoms with Crippen LogP contribution in [0.5, 0.6) is 0 Å². The van der Waals surface area contributed by atoms with Crippen LogP contribution in [0.15, 0.2) is 12.1 Å². The Labute approximate surface area is 145 Å². The minimum absolute atomic E-state index is 0.268. The number of methoxy groups -OCH3 is 1. The van der Waals surface area contributed by atoms with Gasteiger partial charge in [-0.2, -0.15) is 0 Å². The van der Waals surface area contributed by atoms with Crippen LogP contribution in [0.2, 0.25) is 0 Å². The Morgan fingerprint density at radius 3 is 2.48 bits per heavy atom. The highest BCUT2D eigenvalue weighted by Gasteiger charge is 2.47. The maximum Gasteiger partial charge on any atom is 0.0589 e. The fraction of sp³-hybridized carbons (Fsp3) is 0.789. The van der Waals surface area contributed by atoms with Gasteiger partial charge in [0.25, 0.3) is 0 Å². The van der Waals surface area contributed by atoms with Crippen molar-refractivity contribution in [3.63, 3.8) is 0 Å². The average Bonchev–Trinajstić information content (AvgIpc) is 3.14. The van der Waals surface area contributed by atoms with E-state index in [2.05, 4.69) is 43.0 Å². The number of nitrogens with zero attached hydrogens (tertiary/aromatic N) is 2. The molecular formula is C19H32N2OS. The van der Waals surface area contributed by atoms with E-state index >= 15 is 0 Å². The summed E-state index contributed by atoms with van der Waals surface area (Å²) in [6.07, 6.45) is 6.72. The molecule has 23 heavy (non-hydrogen) atoms. The van der Waals surface area contributed by atoms with Crippen LogP contribution in [-0.2, 0) is 10.3 Å². The molecule has 1 aromatic rings. The van der Waals surface area contributed by atoms with Gasteiger partial charge in [0, 0.05) is 30.0 Å². The molecule has 1 spiro atoms. The second kappa shape index (κ2) is 6.83. The molecule has 0 bridgehead atoms. The van der Waals surface area contributed by atoms with Gasteiger partial charge in [0.15, 0.2) is 0 Å². The summed E-state index contributed by atoms with van der Waals surface area (Å²) in [4.78, 5) is 8.11. The molecule has 2 heterocycles. The third-order valence-corrected chi connectivity index (χ3v) is 7.52. The van der Waals surface area contributed by atoms with Crippen LogP contribution < -0.4 is 0 Å². The Kier molecular flexibility index (Phi) is 5.17. The summed E-state index contributed by atoms with van der Waals surface area (Å²) < 4.78 is 5.26. The molecule has 3 nitrogen and oxygen atoms in total. The predicted molar refractivity (Wildman–Crippen MR) is 98.3 cm³/mol. The lowest BCUT2D eigenvalue weighted by atomic mass is 9.66. The van der Waals surface area contributed by atoms with Crippen molar-refractivity contribution < 1.29 is 4.74 Å². The topological polar surface area (TPSA) is 15.7 Å². The van der Waals surface area contributed by atoms with Gasteiger partial charge in [0.05, 0.1) is 12.1 Å². The lowest BCUT2D eigenvalue weighted by molar-refractivity contribution is 0.0394. The van der Waals surface area contributed by atoms with Crippen LogP contribution in [-0.4, -0.2) is 57.2 Å². The highest BCUT2D eigenvalue weighted by Crippen LogP contribution is 2.52. The summed E-state index contributed by atoms with van der Waals surface area (Å²) in [5, 5.41) is 0. The lowest BCUT2D eigenvalue weighted by Gasteiger charge is -2.48. The zero-order chi connectivity index (χ0) is 16.5. The van der Waals surface area contributed by atoms with E-state index in [0.29, 0.717) is 5.41 Å². The van der Waals surface area contributed by atoms with Crippen molar-refractivity contribution in [3.8, 4) is 0 Å². The van der Waals surface area contributed by atoms with E-state index in [1.807, 2.05) is 11.3 Å².